The second kappa shape index (κ2) is 6.62. The number of hydrogen-bond donors (Lipinski definition) is 1. The van der Waals surface area contributed by atoms with Crippen LogP contribution in [0, 0.1) is 34.5 Å². The van der Waals surface area contributed by atoms with Crippen LogP contribution in [-0.4, -0.2) is 18.3 Å². The van der Waals surface area contributed by atoms with Crippen molar-refractivity contribution in [2.45, 2.75) is 71.3 Å². The fraction of sp³-hybridized carbons (Fsp3) is 0.692. The lowest BCUT2D eigenvalue weighted by Gasteiger charge is -2.60. The van der Waals surface area contributed by atoms with Gasteiger partial charge in [0.2, 0.25) is 0 Å². The van der Waals surface area contributed by atoms with E-state index in [0.29, 0.717) is 5.41 Å². The van der Waals surface area contributed by atoms with E-state index in [2.05, 4.69) is 44.2 Å². The number of methoxy groups -OCH3 is 1. The molecule has 4 aliphatic carbocycles. The third kappa shape index (κ3) is 2.56. The van der Waals surface area contributed by atoms with E-state index in [9.17, 15) is 5.11 Å². The van der Waals surface area contributed by atoms with Crippen LogP contribution in [0.4, 0.5) is 0 Å². The summed E-state index contributed by atoms with van der Waals surface area (Å²) >= 11 is 0. The molecule has 0 aliphatic heterocycles. The van der Waals surface area contributed by atoms with Gasteiger partial charge in [-0.2, -0.15) is 0 Å². The number of para-hydroxylation sites is 1. The zero-order valence-corrected chi connectivity index (χ0v) is 17.8. The topological polar surface area (TPSA) is 29.5 Å². The summed E-state index contributed by atoms with van der Waals surface area (Å²) in [5.41, 5.74) is 3.60. The van der Waals surface area contributed by atoms with Gasteiger partial charge in [0.25, 0.3) is 0 Å². The highest BCUT2D eigenvalue weighted by molar-refractivity contribution is 5.76. The molecule has 0 saturated heterocycles. The van der Waals surface area contributed by atoms with Crippen molar-refractivity contribution < 1.29 is 9.84 Å². The molecule has 3 fully saturated rings. The Kier molecular flexibility index (Phi) is 4.43. The first-order valence-corrected chi connectivity index (χ1v) is 11.5. The Balaban J connectivity index is 1.45. The van der Waals surface area contributed by atoms with Crippen LogP contribution in [0.5, 0.6) is 5.75 Å². The van der Waals surface area contributed by atoms with Crippen LogP contribution in [0.3, 0.4) is 0 Å². The van der Waals surface area contributed by atoms with Gasteiger partial charge in [0.05, 0.1) is 13.2 Å². The number of allylic oxidation sites excluding steroid dienone is 2. The van der Waals surface area contributed by atoms with Crippen LogP contribution in [0.1, 0.15) is 70.8 Å². The number of ether oxygens (including phenoxy) is 1. The molecule has 28 heavy (non-hydrogen) atoms. The minimum absolute atomic E-state index is 0.0474. The molecule has 0 spiro atoms. The third-order valence-corrected chi connectivity index (χ3v) is 9.62. The molecule has 4 aliphatic rings. The van der Waals surface area contributed by atoms with Crippen LogP contribution >= 0.6 is 0 Å². The lowest BCUT2D eigenvalue weighted by molar-refractivity contribution is -0.115. The highest BCUT2D eigenvalue weighted by Gasteiger charge is 2.58. The first-order valence-electron chi connectivity index (χ1n) is 11.5. The molecule has 7 atom stereocenters. The number of hydrogen-bond acceptors (Lipinski definition) is 2. The monoisotopic (exact) mass is 380 g/mol. The molecule has 0 unspecified atom stereocenters. The number of rotatable bonds is 2. The summed E-state index contributed by atoms with van der Waals surface area (Å²) in [6.45, 7) is 5.12. The predicted molar refractivity (Wildman–Crippen MR) is 114 cm³/mol. The van der Waals surface area contributed by atoms with Gasteiger partial charge in [0, 0.05) is 5.56 Å². The van der Waals surface area contributed by atoms with Crippen molar-refractivity contribution in [3.8, 4) is 5.75 Å². The summed E-state index contributed by atoms with van der Waals surface area (Å²) < 4.78 is 5.72. The van der Waals surface area contributed by atoms with E-state index in [0.717, 1.165) is 42.3 Å². The quantitative estimate of drug-likeness (QED) is 0.672. The average Bonchev–Trinajstić information content (AvgIpc) is 3.05. The Bertz CT molecular complexity index is 782. The van der Waals surface area contributed by atoms with Crippen molar-refractivity contribution in [1.82, 2.24) is 0 Å². The second-order valence-corrected chi connectivity index (χ2v) is 10.6. The van der Waals surface area contributed by atoms with Gasteiger partial charge in [0.15, 0.2) is 0 Å². The summed E-state index contributed by atoms with van der Waals surface area (Å²) in [6.07, 6.45) is 12.4. The number of benzene rings is 1. The SMILES string of the molecule is COc1ccccc1C1=CC[C@H]2[C@@H]3CC[C@H]4C[C@@H](O)CC[C@]4(C)[C@H]3CC[C@]12C. The van der Waals surface area contributed by atoms with Crippen LogP contribution in [0.15, 0.2) is 30.3 Å². The zero-order valence-electron chi connectivity index (χ0n) is 17.8. The van der Waals surface area contributed by atoms with Crippen LogP contribution < -0.4 is 4.74 Å². The first-order chi connectivity index (χ1) is 13.5. The molecule has 0 bridgehead atoms. The maximum absolute atomic E-state index is 10.2. The summed E-state index contributed by atoms with van der Waals surface area (Å²) in [5, 5.41) is 10.2. The van der Waals surface area contributed by atoms with Crippen LogP contribution in [0.25, 0.3) is 5.57 Å². The molecule has 1 aromatic rings. The number of aliphatic hydroxyl groups excluding tert-OH is 1. The Labute approximate surface area is 170 Å². The largest absolute Gasteiger partial charge is 0.496 e. The molecule has 152 valence electrons. The molecule has 3 saturated carbocycles. The van der Waals surface area contributed by atoms with E-state index in [4.69, 9.17) is 4.74 Å². The lowest BCUT2D eigenvalue weighted by Crippen LogP contribution is -2.53. The summed E-state index contributed by atoms with van der Waals surface area (Å²) in [4.78, 5) is 0. The minimum atomic E-state index is -0.0474. The van der Waals surface area contributed by atoms with E-state index in [-0.39, 0.29) is 11.5 Å². The van der Waals surface area contributed by atoms with Crippen LogP contribution in [-0.2, 0) is 0 Å². The second-order valence-electron chi connectivity index (χ2n) is 10.6. The smallest absolute Gasteiger partial charge is 0.126 e. The normalized spacial score (nSPS) is 44.9. The Morgan fingerprint density at radius 2 is 1.82 bits per heavy atom. The lowest BCUT2D eigenvalue weighted by atomic mass is 9.44. The fourth-order valence-electron chi connectivity index (χ4n) is 8.09. The predicted octanol–water partition coefficient (Wildman–Crippen LogP) is 6.09. The molecule has 5 rings (SSSR count). The van der Waals surface area contributed by atoms with Gasteiger partial charge >= 0.3 is 0 Å². The van der Waals surface area contributed by atoms with Crippen molar-refractivity contribution in [2.24, 2.45) is 34.5 Å². The van der Waals surface area contributed by atoms with Gasteiger partial charge in [-0.05, 0) is 97.5 Å². The standard InChI is InChI=1S/C26H36O2/c1-25-14-12-18(27)16-17(25)8-9-19-21-10-11-22(26(21,2)15-13-23(19)25)20-6-4-5-7-24(20)28-3/h4-7,11,17-19,21,23,27H,8-10,12-16H2,1-3H3/t17-,18-,19-,21-,23-,25-,26-/m0/s1. The first kappa shape index (κ1) is 18.7. The van der Waals surface area contributed by atoms with Crippen molar-refractivity contribution in [3.63, 3.8) is 0 Å². The average molecular weight is 381 g/mol. The van der Waals surface area contributed by atoms with Gasteiger partial charge in [0.1, 0.15) is 5.75 Å². The minimum Gasteiger partial charge on any atom is -0.496 e. The Hall–Kier alpha value is -1.28. The van der Waals surface area contributed by atoms with E-state index in [1.165, 1.54) is 44.1 Å². The molecular weight excluding hydrogens is 344 g/mol. The van der Waals surface area contributed by atoms with Crippen LogP contribution in [0.2, 0.25) is 0 Å². The Morgan fingerprint density at radius 3 is 2.64 bits per heavy atom. The maximum atomic E-state index is 10.2. The van der Waals surface area contributed by atoms with Crippen molar-refractivity contribution in [2.75, 3.05) is 7.11 Å². The molecule has 1 aromatic carbocycles. The van der Waals surface area contributed by atoms with Gasteiger partial charge in [-0.1, -0.05) is 38.1 Å². The van der Waals surface area contributed by atoms with Crippen molar-refractivity contribution in [3.05, 3.63) is 35.9 Å². The van der Waals surface area contributed by atoms with E-state index < -0.39 is 0 Å². The fourth-order valence-corrected chi connectivity index (χ4v) is 8.09. The highest BCUT2D eigenvalue weighted by atomic mass is 16.5. The molecule has 0 radical (unpaired) electrons. The maximum Gasteiger partial charge on any atom is 0.126 e. The van der Waals surface area contributed by atoms with Gasteiger partial charge in [-0.25, -0.2) is 0 Å². The Morgan fingerprint density at radius 1 is 1.00 bits per heavy atom. The van der Waals surface area contributed by atoms with Gasteiger partial charge in [-0.15, -0.1) is 0 Å². The third-order valence-electron chi connectivity index (χ3n) is 9.62. The molecule has 0 heterocycles. The highest BCUT2D eigenvalue weighted by Crippen LogP contribution is 2.67. The summed E-state index contributed by atoms with van der Waals surface area (Å²) in [6, 6.07) is 8.60. The molecule has 2 nitrogen and oxygen atoms in total. The van der Waals surface area contributed by atoms with Gasteiger partial charge < -0.3 is 9.84 Å². The zero-order chi connectivity index (χ0) is 19.5. The van der Waals surface area contributed by atoms with E-state index >= 15 is 0 Å². The van der Waals surface area contributed by atoms with Gasteiger partial charge in [-0.3, -0.25) is 0 Å². The van der Waals surface area contributed by atoms with E-state index in [1.54, 1.807) is 12.7 Å². The molecule has 0 amide bonds. The van der Waals surface area contributed by atoms with E-state index in [1.807, 2.05) is 0 Å². The molecular formula is C26H36O2. The molecule has 1 N–H and O–H groups in total. The molecule has 2 heteroatoms. The summed E-state index contributed by atoms with van der Waals surface area (Å²) in [7, 11) is 1.80. The van der Waals surface area contributed by atoms with Crippen molar-refractivity contribution in [1.29, 1.82) is 0 Å². The molecule has 0 aromatic heterocycles. The summed E-state index contributed by atoms with van der Waals surface area (Å²) in [5.74, 6) is 4.23. The van der Waals surface area contributed by atoms with Crippen molar-refractivity contribution >= 4 is 5.57 Å². The number of fused-ring (bicyclic) bond motifs is 5. The number of aliphatic hydroxyl groups is 1.